The van der Waals surface area contributed by atoms with Crippen LogP contribution < -0.4 is 10.5 Å². The van der Waals surface area contributed by atoms with Crippen molar-refractivity contribution in [1.29, 1.82) is 0 Å². The Morgan fingerprint density at radius 2 is 1.78 bits per heavy atom. The molecule has 27 heavy (non-hydrogen) atoms. The van der Waals surface area contributed by atoms with Crippen LogP contribution in [0.2, 0.25) is 0 Å². The number of rotatable bonds is 6. The van der Waals surface area contributed by atoms with Gasteiger partial charge in [-0.1, -0.05) is 44.5 Å². The van der Waals surface area contributed by atoms with E-state index in [0.717, 1.165) is 31.2 Å². The minimum atomic E-state index is -0.298. The van der Waals surface area contributed by atoms with Gasteiger partial charge in [-0.15, -0.1) is 0 Å². The lowest BCUT2D eigenvalue weighted by Gasteiger charge is -2.22. The van der Waals surface area contributed by atoms with Crippen LogP contribution in [0.25, 0.3) is 0 Å². The largest absolute Gasteiger partial charge is 0.487 e. The normalized spacial score (nSPS) is 14.9. The summed E-state index contributed by atoms with van der Waals surface area (Å²) in [4.78, 5) is 12.4. The van der Waals surface area contributed by atoms with Crippen molar-refractivity contribution in [3.63, 3.8) is 0 Å². The van der Waals surface area contributed by atoms with Gasteiger partial charge in [-0.05, 0) is 60.9 Å². The Morgan fingerprint density at radius 1 is 1.07 bits per heavy atom. The maximum Gasteiger partial charge on any atom is 0.338 e. The lowest BCUT2D eigenvalue weighted by atomic mass is 9.98. The molecule has 0 aromatic heterocycles. The van der Waals surface area contributed by atoms with Gasteiger partial charge >= 0.3 is 5.97 Å². The second kappa shape index (κ2) is 8.94. The van der Waals surface area contributed by atoms with Gasteiger partial charge in [0.2, 0.25) is 0 Å². The Labute approximate surface area is 161 Å². The molecule has 2 N–H and O–H groups in total. The summed E-state index contributed by atoms with van der Waals surface area (Å²) in [5.41, 5.74) is 9.39. The molecule has 1 aliphatic rings. The van der Waals surface area contributed by atoms with Crippen molar-refractivity contribution in [3.8, 4) is 5.75 Å². The van der Waals surface area contributed by atoms with Gasteiger partial charge in [-0.2, -0.15) is 0 Å². The molecule has 0 amide bonds. The maximum atomic E-state index is 12.4. The number of anilines is 1. The third kappa shape index (κ3) is 5.25. The molecule has 4 heteroatoms. The molecule has 144 valence electrons. The Hall–Kier alpha value is -2.49. The lowest BCUT2D eigenvalue weighted by Crippen LogP contribution is -2.21. The predicted octanol–water partition coefficient (Wildman–Crippen LogP) is 5.46. The van der Waals surface area contributed by atoms with Crippen LogP contribution in [0.4, 0.5) is 5.69 Å². The van der Waals surface area contributed by atoms with Gasteiger partial charge in [0, 0.05) is 0 Å². The molecule has 0 radical (unpaired) electrons. The Morgan fingerprint density at radius 3 is 2.44 bits per heavy atom. The average Bonchev–Trinajstić information content (AvgIpc) is 2.68. The first kappa shape index (κ1) is 19.3. The molecule has 2 aromatic rings. The third-order valence-electron chi connectivity index (χ3n) is 5.12. The number of nitrogen functional groups attached to an aromatic ring is 1. The van der Waals surface area contributed by atoms with E-state index in [2.05, 4.69) is 38.1 Å². The van der Waals surface area contributed by atoms with Crippen molar-refractivity contribution < 1.29 is 14.3 Å². The number of carbonyl (C=O) groups excluding carboxylic acids is 1. The number of benzene rings is 2. The predicted molar refractivity (Wildman–Crippen MR) is 108 cm³/mol. The summed E-state index contributed by atoms with van der Waals surface area (Å²) in [5, 5.41) is 0. The van der Waals surface area contributed by atoms with Crippen LogP contribution in [0.5, 0.6) is 5.75 Å². The molecule has 0 heterocycles. The molecule has 0 atom stereocenters. The highest BCUT2D eigenvalue weighted by Crippen LogP contribution is 2.26. The van der Waals surface area contributed by atoms with E-state index >= 15 is 0 Å². The van der Waals surface area contributed by atoms with Crippen LogP contribution in [-0.2, 0) is 11.3 Å². The van der Waals surface area contributed by atoms with Gasteiger partial charge in [0.15, 0.2) is 0 Å². The highest BCUT2D eigenvalue weighted by atomic mass is 16.5. The summed E-state index contributed by atoms with van der Waals surface area (Å²) < 4.78 is 11.5. The zero-order valence-electron chi connectivity index (χ0n) is 16.2. The van der Waals surface area contributed by atoms with Gasteiger partial charge in [0.25, 0.3) is 0 Å². The summed E-state index contributed by atoms with van der Waals surface area (Å²) in [7, 11) is 0. The fraction of sp³-hybridized carbons (Fsp3) is 0.435. The third-order valence-corrected chi connectivity index (χ3v) is 5.12. The number of esters is 1. The zero-order valence-corrected chi connectivity index (χ0v) is 16.2. The quantitative estimate of drug-likeness (QED) is 0.544. The smallest absolute Gasteiger partial charge is 0.338 e. The first-order valence-electron chi connectivity index (χ1n) is 9.85. The monoisotopic (exact) mass is 367 g/mol. The van der Waals surface area contributed by atoms with Gasteiger partial charge < -0.3 is 15.2 Å². The van der Waals surface area contributed by atoms with E-state index < -0.39 is 0 Å². The van der Waals surface area contributed by atoms with Crippen molar-refractivity contribution in [3.05, 3.63) is 59.2 Å². The van der Waals surface area contributed by atoms with Crippen LogP contribution >= 0.6 is 0 Å². The first-order valence-corrected chi connectivity index (χ1v) is 9.85. The molecule has 0 spiro atoms. The van der Waals surface area contributed by atoms with Crippen molar-refractivity contribution >= 4 is 11.7 Å². The van der Waals surface area contributed by atoms with Gasteiger partial charge in [0.05, 0.1) is 11.3 Å². The van der Waals surface area contributed by atoms with E-state index in [4.69, 9.17) is 15.2 Å². The summed E-state index contributed by atoms with van der Waals surface area (Å²) in [6.07, 6.45) is 5.43. The van der Waals surface area contributed by atoms with E-state index in [0.29, 0.717) is 29.5 Å². The van der Waals surface area contributed by atoms with Crippen molar-refractivity contribution in [2.24, 2.45) is 0 Å². The van der Waals surface area contributed by atoms with E-state index in [1.54, 1.807) is 18.2 Å². The fourth-order valence-electron chi connectivity index (χ4n) is 3.35. The second-order valence-electron chi connectivity index (χ2n) is 7.60. The molecular weight excluding hydrogens is 338 g/mol. The Bertz CT molecular complexity index is 762. The highest BCUT2D eigenvalue weighted by Gasteiger charge is 2.19. The van der Waals surface area contributed by atoms with Crippen molar-refractivity contribution in [2.45, 2.75) is 64.6 Å². The standard InChI is InChI=1S/C23H29NO3/c1-16(2)18-10-8-17(9-11-18)15-26-22-14-19(12-13-21(22)24)23(25)27-20-6-4-3-5-7-20/h8-14,16,20H,3-7,15,24H2,1-2H3. The van der Waals surface area contributed by atoms with Crippen LogP contribution in [0.3, 0.4) is 0 Å². The highest BCUT2D eigenvalue weighted by molar-refractivity contribution is 5.90. The van der Waals surface area contributed by atoms with Crippen LogP contribution in [0.1, 0.15) is 73.4 Å². The fourth-order valence-corrected chi connectivity index (χ4v) is 3.35. The summed E-state index contributed by atoms with van der Waals surface area (Å²) in [6.45, 7) is 4.75. The zero-order chi connectivity index (χ0) is 19.2. The minimum Gasteiger partial charge on any atom is -0.487 e. The van der Waals surface area contributed by atoms with E-state index in [1.807, 2.05) is 0 Å². The molecule has 3 rings (SSSR count). The topological polar surface area (TPSA) is 61.5 Å². The number of hydrogen-bond donors (Lipinski definition) is 1. The van der Waals surface area contributed by atoms with E-state index in [9.17, 15) is 4.79 Å². The summed E-state index contributed by atoms with van der Waals surface area (Å²) in [5.74, 6) is 0.719. The molecule has 1 fully saturated rings. The molecule has 0 saturated heterocycles. The molecule has 2 aromatic carbocycles. The Balaban J connectivity index is 1.63. The van der Waals surface area contributed by atoms with Crippen LogP contribution in [0, 0.1) is 0 Å². The molecule has 0 aliphatic heterocycles. The maximum absolute atomic E-state index is 12.4. The van der Waals surface area contributed by atoms with E-state index in [-0.39, 0.29) is 12.1 Å². The van der Waals surface area contributed by atoms with Gasteiger partial charge in [0.1, 0.15) is 18.5 Å². The van der Waals surface area contributed by atoms with Crippen molar-refractivity contribution in [2.75, 3.05) is 5.73 Å². The summed E-state index contributed by atoms with van der Waals surface area (Å²) in [6, 6.07) is 13.4. The van der Waals surface area contributed by atoms with E-state index in [1.165, 1.54) is 12.0 Å². The minimum absolute atomic E-state index is 0.0349. The van der Waals surface area contributed by atoms with Gasteiger partial charge in [-0.25, -0.2) is 4.79 Å². The van der Waals surface area contributed by atoms with Crippen LogP contribution in [0.15, 0.2) is 42.5 Å². The SMILES string of the molecule is CC(C)c1ccc(COc2cc(C(=O)OC3CCCCC3)ccc2N)cc1. The summed E-state index contributed by atoms with van der Waals surface area (Å²) >= 11 is 0. The van der Waals surface area contributed by atoms with Crippen LogP contribution in [-0.4, -0.2) is 12.1 Å². The molecule has 1 aliphatic carbocycles. The first-order chi connectivity index (χ1) is 13.0. The molecule has 4 nitrogen and oxygen atoms in total. The number of carbonyl (C=O) groups is 1. The second-order valence-corrected chi connectivity index (χ2v) is 7.60. The molecule has 0 unspecified atom stereocenters. The molecule has 1 saturated carbocycles. The number of ether oxygens (including phenoxy) is 2. The average molecular weight is 367 g/mol. The number of nitrogens with two attached hydrogens (primary N) is 1. The van der Waals surface area contributed by atoms with Crippen molar-refractivity contribution in [1.82, 2.24) is 0 Å². The number of hydrogen-bond acceptors (Lipinski definition) is 4. The lowest BCUT2D eigenvalue weighted by molar-refractivity contribution is 0.0211. The molecular formula is C23H29NO3. The Kier molecular flexibility index (Phi) is 6.38. The van der Waals surface area contributed by atoms with Gasteiger partial charge in [-0.3, -0.25) is 0 Å². The molecule has 0 bridgehead atoms.